The Labute approximate surface area is 116 Å². The summed E-state index contributed by atoms with van der Waals surface area (Å²) in [4.78, 5) is 0. The molecule has 1 heterocycles. The van der Waals surface area contributed by atoms with Crippen LogP contribution in [0.3, 0.4) is 0 Å². The lowest BCUT2D eigenvalue weighted by atomic mass is 9.88. The summed E-state index contributed by atoms with van der Waals surface area (Å²) in [6.45, 7) is 6.92. The number of benzene rings is 1. The standard InChI is InChI=1S/C14H22N2O2S/c1-4-15-19(17,18)16-10-9-12-7-5-6-8-13(12)14(16)11(2)3/h5-8,11,14-15H,4,9-10H2,1-3H3. The highest BCUT2D eigenvalue weighted by Gasteiger charge is 2.36. The van der Waals surface area contributed by atoms with Crippen LogP contribution in [0.2, 0.25) is 0 Å². The highest BCUT2D eigenvalue weighted by atomic mass is 32.2. The van der Waals surface area contributed by atoms with Gasteiger partial charge in [-0.2, -0.15) is 12.7 Å². The van der Waals surface area contributed by atoms with Gasteiger partial charge in [0.05, 0.1) is 6.04 Å². The summed E-state index contributed by atoms with van der Waals surface area (Å²) in [5.74, 6) is 0.245. The third kappa shape index (κ3) is 2.83. The third-order valence-electron chi connectivity index (χ3n) is 3.55. The summed E-state index contributed by atoms with van der Waals surface area (Å²) >= 11 is 0. The molecule has 5 heteroatoms. The lowest BCUT2D eigenvalue weighted by Crippen LogP contribution is -2.47. The third-order valence-corrected chi connectivity index (χ3v) is 5.23. The van der Waals surface area contributed by atoms with Crippen molar-refractivity contribution < 1.29 is 8.42 Å². The van der Waals surface area contributed by atoms with Gasteiger partial charge in [-0.1, -0.05) is 45.0 Å². The molecular weight excluding hydrogens is 260 g/mol. The maximum absolute atomic E-state index is 12.3. The fraction of sp³-hybridized carbons (Fsp3) is 0.571. The molecule has 0 spiro atoms. The highest BCUT2D eigenvalue weighted by Crippen LogP contribution is 2.36. The summed E-state index contributed by atoms with van der Waals surface area (Å²) < 4.78 is 28.9. The molecule has 2 rings (SSSR count). The molecule has 1 aromatic rings. The first-order valence-electron chi connectivity index (χ1n) is 6.81. The van der Waals surface area contributed by atoms with Crippen molar-refractivity contribution in [3.05, 3.63) is 35.4 Å². The molecule has 0 saturated carbocycles. The van der Waals surface area contributed by atoms with Gasteiger partial charge in [-0.25, -0.2) is 4.72 Å². The van der Waals surface area contributed by atoms with Gasteiger partial charge in [0, 0.05) is 13.1 Å². The van der Waals surface area contributed by atoms with Gasteiger partial charge < -0.3 is 0 Å². The number of fused-ring (bicyclic) bond motifs is 1. The number of hydrogen-bond donors (Lipinski definition) is 1. The largest absolute Gasteiger partial charge is 0.280 e. The normalized spacial score (nSPS) is 20.5. The van der Waals surface area contributed by atoms with Crippen LogP contribution in [-0.4, -0.2) is 25.8 Å². The maximum atomic E-state index is 12.3. The monoisotopic (exact) mass is 282 g/mol. The Morgan fingerprint density at radius 2 is 2.05 bits per heavy atom. The molecule has 1 N–H and O–H groups in total. The minimum Gasteiger partial charge on any atom is -0.202 e. The minimum absolute atomic E-state index is 0.0750. The molecular formula is C14H22N2O2S. The van der Waals surface area contributed by atoms with Crippen LogP contribution in [0.15, 0.2) is 24.3 Å². The van der Waals surface area contributed by atoms with E-state index in [4.69, 9.17) is 0 Å². The van der Waals surface area contributed by atoms with Gasteiger partial charge in [0.1, 0.15) is 0 Å². The Kier molecular flexibility index (Phi) is 4.28. The summed E-state index contributed by atoms with van der Waals surface area (Å²) in [5.41, 5.74) is 2.41. The van der Waals surface area contributed by atoms with Crippen molar-refractivity contribution in [2.45, 2.75) is 33.2 Å². The van der Waals surface area contributed by atoms with Crippen LogP contribution in [0.4, 0.5) is 0 Å². The molecule has 1 atom stereocenters. The lowest BCUT2D eigenvalue weighted by molar-refractivity contribution is 0.245. The zero-order valence-electron chi connectivity index (χ0n) is 11.8. The second-order valence-electron chi connectivity index (χ2n) is 5.25. The Morgan fingerprint density at radius 1 is 1.37 bits per heavy atom. The molecule has 0 aliphatic carbocycles. The minimum atomic E-state index is -3.39. The first-order chi connectivity index (χ1) is 8.97. The smallest absolute Gasteiger partial charge is 0.202 e. The lowest BCUT2D eigenvalue weighted by Gasteiger charge is -2.38. The molecule has 0 saturated heterocycles. The zero-order valence-corrected chi connectivity index (χ0v) is 12.6. The topological polar surface area (TPSA) is 49.4 Å². The fourth-order valence-electron chi connectivity index (χ4n) is 2.80. The van der Waals surface area contributed by atoms with Crippen LogP contribution < -0.4 is 4.72 Å². The molecule has 0 fully saturated rings. The number of nitrogens with zero attached hydrogens (tertiary/aromatic N) is 1. The van der Waals surface area contributed by atoms with E-state index < -0.39 is 10.2 Å². The van der Waals surface area contributed by atoms with Crippen LogP contribution in [-0.2, 0) is 16.6 Å². The van der Waals surface area contributed by atoms with E-state index in [1.165, 1.54) is 5.56 Å². The Bertz CT molecular complexity index is 540. The summed E-state index contributed by atoms with van der Waals surface area (Å²) in [6.07, 6.45) is 0.782. The van der Waals surface area contributed by atoms with Crippen molar-refractivity contribution in [3.63, 3.8) is 0 Å². The van der Waals surface area contributed by atoms with Crippen LogP contribution in [0, 0.1) is 5.92 Å². The molecule has 106 valence electrons. The van der Waals surface area contributed by atoms with E-state index in [2.05, 4.69) is 24.6 Å². The molecule has 0 bridgehead atoms. The van der Waals surface area contributed by atoms with E-state index in [0.717, 1.165) is 12.0 Å². The highest BCUT2D eigenvalue weighted by molar-refractivity contribution is 7.87. The SMILES string of the molecule is CCNS(=O)(=O)N1CCc2ccccc2C1C(C)C. The zero-order chi connectivity index (χ0) is 14.0. The van der Waals surface area contributed by atoms with Crippen LogP contribution >= 0.6 is 0 Å². The molecule has 1 aliphatic rings. The van der Waals surface area contributed by atoms with Crippen LogP contribution in [0.25, 0.3) is 0 Å². The predicted octanol–water partition coefficient (Wildman–Crippen LogP) is 2.10. The Morgan fingerprint density at radius 3 is 2.68 bits per heavy atom. The molecule has 1 aromatic carbocycles. The molecule has 19 heavy (non-hydrogen) atoms. The molecule has 0 radical (unpaired) electrons. The first kappa shape index (κ1) is 14.5. The number of hydrogen-bond acceptors (Lipinski definition) is 2. The second-order valence-corrected chi connectivity index (χ2v) is 6.96. The Balaban J connectivity index is 2.43. The van der Waals surface area contributed by atoms with Crippen LogP contribution in [0.5, 0.6) is 0 Å². The average molecular weight is 282 g/mol. The number of rotatable bonds is 4. The maximum Gasteiger partial charge on any atom is 0.280 e. The van der Waals surface area contributed by atoms with Gasteiger partial charge in [0.15, 0.2) is 0 Å². The van der Waals surface area contributed by atoms with E-state index in [9.17, 15) is 8.42 Å². The quantitative estimate of drug-likeness (QED) is 0.919. The van der Waals surface area contributed by atoms with Crippen molar-refractivity contribution in [2.24, 2.45) is 5.92 Å². The molecule has 0 amide bonds. The summed E-state index contributed by atoms with van der Waals surface area (Å²) in [5, 5.41) is 0. The van der Waals surface area contributed by atoms with E-state index >= 15 is 0 Å². The van der Waals surface area contributed by atoms with E-state index in [0.29, 0.717) is 13.1 Å². The van der Waals surface area contributed by atoms with Gasteiger partial charge in [-0.15, -0.1) is 0 Å². The summed E-state index contributed by atoms with van der Waals surface area (Å²) in [7, 11) is -3.39. The second kappa shape index (κ2) is 5.61. The predicted molar refractivity (Wildman–Crippen MR) is 77.0 cm³/mol. The molecule has 0 aromatic heterocycles. The number of nitrogens with one attached hydrogen (secondary N) is 1. The van der Waals surface area contributed by atoms with E-state index in [-0.39, 0.29) is 12.0 Å². The molecule has 1 unspecified atom stereocenters. The first-order valence-corrected chi connectivity index (χ1v) is 8.25. The van der Waals surface area contributed by atoms with Gasteiger partial charge in [-0.05, 0) is 23.5 Å². The van der Waals surface area contributed by atoms with E-state index in [1.807, 2.05) is 18.2 Å². The van der Waals surface area contributed by atoms with Crippen molar-refractivity contribution in [3.8, 4) is 0 Å². The summed E-state index contributed by atoms with van der Waals surface area (Å²) in [6, 6.07) is 8.08. The van der Waals surface area contributed by atoms with Crippen molar-refractivity contribution in [1.82, 2.24) is 9.03 Å². The van der Waals surface area contributed by atoms with Crippen LogP contribution in [0.1, 0.15) is 37.9 Å². The Hall–Kier alpha value is -0.910. The van der Waals surface area contributed by atoms with Gasteiger partial charge in [0.25, 0.3) is 10.2 Å². The molecule has 4 nitrogen and oxygen atoms in total. The van der Waals surface area contributed by atoms with Crippen molar-refractivity contribution in [1.29, 1.82) is 0 Å². The van der Waals surface area contributed by atoms with Gasteiger partial charge in [-0.3, -0.25) is 0 Å². The van der Waals surface area contributed by atoms with Gasteiger partial charge in [0.2, 0.25) is 0 Å². The van der Waals surface area contributed by atoms with Crippen molar-refractivity contribution in [2.75, 3.05) is 13.1 Å². The average Bonchev–Trinajstić information content (AvgIpc) is 2.37. The van der Waals surface area contributed by atoms with Crippen molar-refractivity contribution >= 4 is 10.2 Å². The fourth-order valence-corrected chi connectivity index (χ4v) is 4.32. The van der Waals surface area contributed by atoms with Gasteiger partial charge >= 0.3 is 0 Å². The van der Waals surface area contributed by atoms with E-state index in [1.54, 1.807) is 11.2 Å². The molecule has 1 aliphatic heterocycles.